The molecule has 1 aliphatic heterocycles. The van der Waals surface area contributed by atoms with Crippen LogP contribution in [0.3, 0.4) is 0 Å². The summed E-state index contributed by atoms with van der Waals surface area (Å²) in [6.07, 6.45) is 2.16. The van der Waals surface area contributed by atoms with E-state index >= 15 is 0 Å². The van der Waals surface area contributed by atoms with Crippen LogP contribution in [0.4, 0.5) is 4.39 Å². The highest BCUT2D eigenvalue weighted by Gasteiger charge is 2.20. The van der Waals surface area contributed by atoms with Crippen LogP contribution < -0.4 is 10.6 Å². The zero-order valence-electron chi connectivity index (χ0n) is 16.4. The quantitative estimate of drug-likeness (QED) is 0.359. The molecule has 0 radical (unpaired) electrons. The number of hydrogen-bond acceptors (Lipinski definition) is 2. The number of likely N-dealkylation sites (tertiary alicyclic amines) is 1. The van der Waals surface area contributed by atoms with Crippen LogP contribution in [0, 0.1) is 5.82 Å². The second kappa shape index (κ2) is 12.0. The van der Waals surface area contributed by atoms with E-state index in [1.165, 1.54) is 11.6 Å². The monoisotopic (exact) mass is 496 g/mol. The Kier molecular flexibility index (Phi) is 9.70. The van der Waals surface area contributed by atoms with Gasteiger partial charge < -0.3 is 10.6 Å². The molecule has 3 rings (SSSR count). The van der Waals surface area contributed by atoms with E-state index in [0.717, 1.165) is 45.0 Å². The highest BCUT2D eigenvalue weighted by atomic mass is 127. The molecule has 2 N–H and O–H groups in total. The second-order valence-corrected chi connectivity index (χ2v) is 6.97. The summed E-state index contributed by atoms with van der Waals surface area (Å²) < 4.78 is 13.8. The average molecular weight is 496 g/mol. The van der Waals surface area contributed by atoms with E-state index in [1.807, 2.05) is 13.0 Å². The minimum atomic E-state index is -0.202. The van der Waals surface area contributed by atoms with Gasteiger partial charge in [-0.05, 0) is 31.4 Å². The van der Waals surface area contributed by atoms with Gasteiger partial charge >= 0.3 is 0 Å². The fourth-order valence-corrected chi connectivity index (χ4v) is 3.38. The molecule has 0 atom stereocenters. The lowest BCUT2D eigenvalue weighted by Gasteiger charge is -2.33. The fourth-order valence-electron chi connectivity index (χ4n) is 3.38. The van der Waals surface area contributed by atoms with E-state index in [-0.39, 0.29) is 29.8 Å². The zero-order chi connectivity index (χ0) is 18.9. The molecule has 1 saturated heterocycles. The molecule has 4 nitrogen and oxygen atoms in total. The molecule has 0 aromatic heterocycles. The molecule has 1 heterocycles. The molecule has 0 saturated carbocycles. The predicted molar refractivity (Wildman–Crippen MR) is 125 cm³/mol. The topological polar surface area (TPSA) is 39.7 Å². The first-order chi connectivity index (χ1) is 13.2. The molecule has 0 aliphatic carbocycles. The van der Waals surface area contributed by atoms with Crippen LogP contribution in [0.25, 0.3) is 0 Å². The first kappa shape index (κ1) is 22.6. The van der Waals surface area contributed by atoms with E-state index < -0.39 is 0 Å². The number of nitrogens with zero attached hydrogens (tertiary/aromatic N) is 2. The Morgan fingerprint density at radius 1 is 1.07 bits per heavy atom. The number of nitrogens with one attached hydrogen (secondary N) is 2. The van der Waals surface area contributed by atoms with Crippen molar-refractivity contribution in [3.05, 3.63) is 71.5 Å². The van der Waals surface area contributed by atoms with Crippen molar-refractivity contribution in [2.75, 3.05) is 19.6 Å². The summed E-state index contributed by atoms with van der Waals surface area (Å²) in [4.78, 5) is 7.06. The van der Waals surface area contributed by atoms with Crippen molar-refractivity contribution >= 4 is 29.9 Å². The summed E-state index contributed by atoms with van der Waals surface area (Å²) in [5.41, 5.74) is 1.98. The molecular formula is C22H30FIN4. The largest absolute Gasteiger partial charge is 0.357 e. The Morgan fingerprint density at radius 3 is 2.43 bits per heavy atom. The number of rotatable bonds is 6. The third-order valence-corrected chi connectivity index (χ3v) is 4.89. The van der Waals surface area contributed by atoms with E-state index in [2.05, 4.69) is 50.9 Å². The van der Waals surface area contributed by atoms with Gasteiger partial charge in [0.2, 0.25) is 0 Å². The number of aliphatic imine (C=N–C) groups is 1. The first-order valence-electron chi connectivity index (χ1n) is 9.79. The van der Waals surface area contributed by atoms with Gasteiger partial charge in [0, 0.05) is 37.8 Å². The third-order valence-electron chi connectivity index (χ3n) is 4.89. The number of hydrogen-bond donors (Lipinski definition) is 2. The minimum Gasteiger partial charge on any atom is -0.357 e. The Bertz CT molecular complexity index is 730. The van der Waals surface area contributed by atoms with Crippen LogP contribution in [0.15, 0.2) is 59.6 Å². The number of benzene rings is 2. The summed E-state index contributed by atoms with van der Waals surface area (Å²) in [7, 11) is 0. The molecule has 0 unspecified atom stereocenters. The summed E-state index contributed by atoms with van der Waals surface area (Å²) in [6.45, 7) is 6.32. The van der Waals surface area contributed by atoms with Gasteiger partial charge in [0.15, 0.2) is 5.96 Å². The fraction of sp³-hybridized carbons (Fsp3) is 0.409. The van der Waals surface area contributed by atoms with E-state index in [9.17, 15) is 4.39 Å². The Balaban J connectivity index is 0.00000280. The smallest absolute Gasteiger partial charge is 0.191 e. The van der Waals surface area contributed by atoms with Gasteiger partial charge in [0.25, 0.3) is 0 Å². The van der Waals surface area contributed by atoms with Gasteiger partial charge in [-0.3, -0.25) is 4.90 Å². The third kappa shape index (κ3) is 7.05. The standard InChI is InChI=1S/C22H29FN4.HI/c1-2-24-22(25-16-19-10-6-7-11-21(19)23)26-20-12-14-27(15-13-20)17-18-8-4-3-5-9-18;/h3-11,20H,2,12-17H2,1H3,(H2,24,25,26);1H. The first-order valence-corrected chi connectivity index (χ1v) is 9.79. The van der Waals surface area contributed by atoms with Crippen LogP contribution in [-0.2, 0) is 13.1 Å². The Hall–Kier alpha value is -1.67. The van der Waals surface area contributed by atoms with E-state index in [0.29, 0.717) is 18.2 Å². The highest BCUT2D eigenvalue weighted by Crippen LogP contribution is 2.14. The lowest BCUT2D eigenvalue weighted by atomic mass is 10.0. The van der Waals surface area contributed by atoms with Crippen LogP contribution in [0.5, 0.6) is 0 Å². The van der Waals surface area contributed by atoms with E-state index in [4.69, 9.17) is 0 Å². The lowest BCUT2D eigenvalue weighted by Crippen LogP contribution is -2.48. The maximum absolute atomic E-state index is 13.8. The lowest BCUT2D eigenvalue weighted by molar-refractivity contribution is 0.198. The van der Waals surface area contributed by atoms with Crippen molar-refractivity contribution in [2.24, 2.45) is 4.99 Å². The van der Waals surface area contributed by atoms with Crippen molar-refractivity contribution in [1.29, 1.82) is 0 Å². The normalized spacial score (nSPS) is 15.7. The van der Waals surface area contributed by atoms with Crippen LogP contribution >= 0.6 is 24.0 Å². The molecule has 28 heavy (non-hydrogen) atoms. The summed E-state index contributed by atoms with van der Waals surface area (Å²) in [5, 5.41) is 6.79. The molecule has 152 valence electrons. The van der Waals surface area contributed by atoms with Gasteiger partial charge in [0.05, 0.1) is 6.54 Å². The van der Waals surface area contributed by atoms with E-state index in [1.54, 1.807) is 12.1 Å². The van der Waals surface area contributed by atoms with Crippen molar-refractivity contribution in [1.82, 2.24) is 15.5 Å². The molecule has 2 aromatic carbocycles. The Labute approximate surface area is 184 Å². The number of piperidine rings is 1. The van der Waals surface area contributed by atoms with Crippen molar-refractivity contribution in [3.63, 3.8) is 0 Å². The number of guanidine groups is 1. The van der Waals surface area contributed by atoms with Crippen molar-refractivity contribution in [2.45, 2.75) is 38.9 Å². The average Bonchev–Trinajstić information content (AvgIpc) is 2.70. The zero-order valence-corrected chi connectivity index (χ0v) is 18.7. The van der Waals surface area contributed by atoms with Crippen LogP contribution in [0.1, 0.15) is 30.9 Å². The molecule has 0 bridgehead atoms. The SMILES string of the molecule is CCNC(=NCc1ccccc1F)NC1CCN(Cc2ccccc2)CC1.I. The molecular weight excluding hydrogens is 466 g/mol. The summed E-state index contributed by atoms with van der Waals surface area (Å²) in [5.74, 6) is 0.564. The molecule has 1 aliphatic rings. The molecule has 0 spiro atoms. The van der Waals surface area contributed by atoms with Crippen molar-refractivity contribution < 1.29 is 4.39 Å². The van der Waals surface area contributed by atoms with Gasteiger partial charge in [-0.1, -0.05) is 48.5 Å². The molecule has 2 aromatic rings. The molecule has 6 heteroatoms. The van der Waals surface area contributed by atoms with Gasteiger partial charge in [-0.15, -0.1) is 24.0 Å². The minimum absolute atomic E-state index is 0. The summed E-state index contributed by atoms with van der Waals surface area (Å²) >= 11 is 0. The van der Waals surface area contributed by atoms with Gasteiger partial charge in [-0.25, -0.2) is 9.38 Å². The highest BCUT2D eigenvalue weighted by molar-refractivity contribution is 14.0. The van der Waals surface area contributed by atoms with Crippen molar-refractivity contribution in [3.8, 4) is 0 Å². The summed E-state index contributed by atoms with van der Waals surface area (Å²) in [6, 6.07) is 17.8. The second-order valence-electron chi connectivity index (χ2n) is 6.97. The van der Waals surface area contributed by atoms with Gasteiger partial charge in [0.1, 0.15) is 5.82 Å². The van der Waals surface area contributed by atoms with Gasteiger partial charge in [-0.2, -0.15) is 0 Å². The Morgan fingerprint density at radius 2 is 1.75 bits per heavy atom. The van der Waals surface area contributed by atoms with Crippen LogP contribution in [0.2, 0.25) is 0 Å². The molecule has 0 amide bonds. The molecule has 1 fully saturated rings. The van der Waals surface area contributed by atoms with Crippen LogP contribution in [-0.4, -0.2) is 36.5 Å². The number of halogens is 2. The maximum Gasteiger partial charge on any atom is 0.191 e. The maximum atomic E-state index is 13.8. The predicted octanol–water partition coefficient (Wildman–Crippen LogP) is 4.16.